The van der Waals surface area contributed by atoms with Gasteiger partial charge in [-0.15, -0.1) is 0 Å². The number of carbonyl (C=O) groups excluding carboxylic acids is 2. The summed E-state index contributed by atoms with van der Waals surface area (Å²) in [5.41, 5.74) is 1.15. The van der Waals surface area contributed by atoms with Crippen molar-refractivity contribution in [3.05, 3.63) is 58.1 Å². The number of halogens is 2. The van der Waals surface area contributed by atoms with E-state index in [1.54, 1.807) is 30.2 Å². The van der Waals surface area contributed by atoms with Crippen LogP contribution in [-0.2, 0) is 9.53 Å². The van der Waals surface area contributed by atoms with Crippen LogP contribution >= 0.6 is 23.2 Å². The fourth-order valence-electron chi connectivity index (χ4n) is 2.99. The van der Waals surface area contributed by atoms with Gasteiger partial charge in [0.2, 0.25) is 0 Å². The normalized spacial score (nSPS) is 14.0. The molecule has 8 heteroatoms. The summed E-state index contributed by atoms with van der Waals surface area (Å²) in [6, 6.07) is 12.5. The second-order valence-electron chi connectivity index (χ2n) is 6.24. The van der Waals surface area contributed by atoms with Crippen LogP contribution in [0.15, 0.2) is 42.5 Å². The number of benzene rings is 2. The fourth-order valence-corrected chi connectivity index (χ4v) is 3.54. The van der Waals surface area contributed by atoms with Crippen LogP contribution in [-0.4, -0.2) is 56.7 Å². The number of hydrogen-bond donors (Lipinski definition) is 0. The summed E-state index contributed by atoms with van der Waals surface area (Å²) in [7, 11) is 1.63. The molecule has 2 aromatic carbocycles. The molecule has 0 radical (unpaired) electrons. The first kappa shape index (κ1) is 20.3. The van der Waals surface area contributed by atoms with Gasteiger partial charge >= 0.3 is 5.97 Å². The molecule has 1 aliphatic heterocycles. The highest BCUT2D eigenvalue weighted by Crippen LogP contribution is 2.25. The number of nitrogens with zero attached hydrogens (tertiary/aromatic N) is 2. The van der Waals surface area contributed by atoms with Gasteiger partial charge in [-0.25, -0.2) is 4.79 Å². The summed E-state index contributed by atoms with van der Waals surface area (Å²) in [4.78, 5) is 28.4. The molecule has 28 heavy (non-hydrogen) atoms. The maximum atomic E-state index is 12.4. The van der Waals surface area contributed by atoms with E-state index in [0.29, 0.717) is 26.2 Å². The molecule has 148 valence electrons. The van der Waals surface area contributed by atoms with Crippen molar-refractivity contribution in [2.45, 2.75) is 0 Å². The van der Waals surface area contributed by atoms with Gasteiger partial charge in [0.15, 0.2) is 6.61 Å². The number of methoxy groups -OCH3 is 1. The van der Waals surface area contributed by atoms with E-state index in [0.717, 1.165) is 11.4 Å². The summed E-state index contributed by atoms with van der Waals surface area (Å²) in [5, 5.41) is 0.385. The number of amides is 1. The molecule has 0 aromatic heterocycles. The third-order valence-corrected chi connectivity index (χ3v) is 5.19. The largest absolute Gasteiger partial charge is 0.497 e. The first-order valence-electron chi connectivity index (χ1n) is 8.77. The molecule has 1 fully saturated rings. The van der Waals surface area contributed by atoms with Crippen molar-refractivity contribution in [3.63, 3.8) is 0 Å². The van der Waals surface area contributed by atoms with E-state index >= 15 is 0 Å². The van der Waals surface area contributed by atoms with Crippen LogP contribution in [0, 0.1) is 0 Å². The molecule has 1 heterocycles. The quantitative estimate of drug-likeness (QED) is 0.689. The Labute approximate surface area is 173 Å². The van der Waals surface area contributed by atoms with Crippen molar-refractivity contribution < 1.29 is 19.1 Å². The molecule has 3 rings (SSSR count). The van der Waals surface area contributed by atoms with Gasteiger partial charge in [-0.05, 0) is 36.4 Å². The second-order valence-corrected chi connectivity index (χ2v) is 7.05. The number of rotatable bonds is 5. The Morgan fingerprint density at radius 2 is 1.57 bits per heavy atom. The molecule has 0 N–H and O–H groups in total. The van der Waals surface area contributed by atoms with E-state index in [4.69, 9.17) is 32.7 Å². The molecular weight excluding hydrogens is 403 g/mol. The Morgan fingerprint density at radius 3 is 2.14 bits per heavy atom. The Balaban J connectivity index is 1.50. The zero-order valence-electron chi connectivity index (χ0n) is 15.4. The molecule has 1 saturated heterocycles. The topological polar surface area (TPSA) is 59.1 Å². The average Bonchev–Trinajstić information content (AvgIpc) is 2.72. The summed E-state index contributed by atoms with van der Waals surface area (Å²) in [6.45, 7) is 2.15. The van der Waals surface area contributed by atoms with Crippen LogP contribution in [0.5, 0.6) is 5.75 Å². The SMILES string of the molecule is COc1ccc(N2CCN(C(=O)COC(=O)c3c(Cl)cccc3Cl)CC2)cc1. The molecule has 0 spiro atoms. The van der Waals surface area contributed by atoms with Gasteiger partial charge in [-0.1, -0.05) is 29.3 Å². The molecule has 0 atom stereocenters. The Kier molecular flexibility index (Phi) is 6.65. The zero-order valence-corrected chi connectivity index (χ0v) is 16.9. The van der Waals surface area contributed by atoms with Gasteiger partial charge in [-0.3, -0.25) is 4.79 Å². The lowest BCUT2D eigenvalue weighted by atomic mass is 10.2. The predicted molar refractivity (Wildman–Crippen MR) is 109 cm³/mol. The maximum Gasteiger partial charge on any atom is 0.341 e. The first-order valence-corrected chi connectivity index (χ1v) is 9.53. The van der Waals surface area contributed by atoms with E-state index in [-0.39, 0.29) is 28.1 Å². The molecule has 2 aromatic rings. The zero-order chi connectivity index (χ0) is 20.1. The minimum Gasteiger partial charge on any atom is -0.497 e. The summed E-state index contributed by atoms with van der Waals surface area (Å²) in [6.07, 6.45) is 0. The number of piperazine rings is 1. The Morgan fingerprint density at radius 1 is 0.964 bits per heavy atom. The maximum absolute atomic E-state index is 12.4. The predicted octanol–water partition coefficient (Wildman–Crippen LogP) is 3.51. The number of esters is 1. The van der Waals surface area contributed by atoms with E-state index in [9.17, 15) is 9.59 Å². The lowest BCUT2D eigenvalue weighted by Gasteiger charge is -2.36. The van der Waals surface area contributed by atoms with Crippen LogP contribution < -0.4 is 9.64 Å². The minimum atomic E-state index is -0.708. The van der Waals surface area contributed by atoms with Crippen molar-refractivity contribution >= 4 is 40.8 Å². The molecule has 1 amide bonds. The molecule has 0 saturated carbocycles. The lowest BCUT2D eigenvalue weighted by Crippen LogP contribution is -2.49. The molecular formula is C20H20Cl2N2O4. The highest BCUT2D eigenvalue weighted by Gasteiger charge is 2.23. The van der Waals surface area contributed by atoms with Gasteiger partial charge < -0.3 is 19.3 Å². The highest BCUT2D eigenvalue weighted by molar-refractivity contribution is 6.39. The van der Waals surface area contributed by atoms with Gasteiger partial charge in [0.1, 0.15) is 5.75 Å². The van der Waals surface area contributed by atoms with Crippen molar-refractivity contribution in [2.24, 2.45) is 0 Å². The lowest BCUT2D eigenvalue weighted by molar-refractivity contribution is -0.134. The number of ether oxygens (including phenoxy) is 2. The summed E-state index contributed by atoms with van der Waals surface area (Å²) >= 11 is 12.0. The van der Waals surface area contributed by atoms with Crippen LogP contribution in [0.1, 0.15) is 10.4 Å². The summed E-state index contributed by atoms with van der Waals surface area (Å²) in [5.74, 6) is -0.148. The average molecular weight is 423 g/mol. The van der Waals surface area contributed by atoms with E-state index in [1.807, 2.05) is 24.3 Å². The minimum absolute atomic E-state index is 0.0722. The first-order chi connectivity index (χ1) is 13.5. The number of carbonyl (C=O) groups is 2. The van der Waals surface area contributed by atoms with Gasteiger partial charge in [0.05, 0.1) is 22.7 Å². The van der Waals surface area contributed by atoms with Crippen LogP contribution in [0.25, 0.3) is 0 Å². The smallest absolute Gasteiger partial charge is 0.341 e. The van der Waals surface area contributed by atoms with Crippen molar-refractivity contribution in [1.82, 2.24) is 4.90 Å². The third kappa shape index (κ3) is 4.69. The van der Waals surface area contributed by atoms with E-state index in [1.165, 1.54) is 0 Å². The summed E-state index contributed by atoms with van der Waals surface area (Å²) < 4.78 is 10.3. The van der Waals surface area contributed by atoms with Gasteiger partial charge in [0, 0.05) is 31.9 Å². The van der Waals surface area contributed by atoms with Crippen LogP contribution in [0.3, 0.4) is 0 Å². The second kappa shape index (κ2) is 9.17. The van der Waals surface area contributed by atoms with E-state index < -0.39 is 5.97 Å². The molecule has 0 aliphatic carbocycles. The molecule has 0 unspecified atom stereocenters. The van der Waals surface area contributed by atoms with Crippen molar-refractivity contribution in [2.75, 3.05) is 44.8 Å². The Hall–Kier alpha value is -2.44. The fraction of sp³-hybridized carbons (Fsp3) is 0.300. The number of hydrogen-bond acceptors (Lipinski definition) is 5. The highest BCUT2D eigenvalue weighted by atomic mass is 35.5. The monoisotopic (exact) mass is 422 g/mol. The van der Waals surface area contributed by atoms with E-state index in [2.05, 4.69) is 4.90 Å². The molecule has 1 aliphatic rings. The third-order valence-electron chi connectivity index (χ3n) is 4.56. The van der Waals surface area contributed by atoms with Gasteiger partial charge in [-0.2, -0.15) is 0 Å². The van der Waals surface area contributed by atoms with Crippen molar-refractivity contribution in [3.8, 4) is 5.75 Å². The van der Waals surface area contributed by atoms with Crippen LogP contribution in [0.2, 0.25) is 10.0 Å². The molecule has 0 bridgehead atoms. The Bertz CT molecular complexity index is 830. The standard InChI is InChI=1S/C20H20Cl2N2O4/c1-27-15-7-5-14(6-8-15)23-9-11-24(12-10-23)18(25)13-28-20(26)19-16(21)3-2-4-17(19)22/h2-8H,9-13H2,1H3. The van der Waals surface area contributed by atoms with Gasteiger partial charge in [0.25, 0.3) is 5.91 Å². The van der Waals surface area contributed by atoms with Crippen molar-refractivity contribution in [1.29, 1.82) is 0 Å². The molecule has 6 nitrogen and oxygen atoms in total. The number of anilines is 1. The van der Waals surface area contributed by atoms with Crippen LogP contribution in [0.4, 0.5) is 5.69 Å².